The molecule has 1 fully saturated rings. The fourth-order valence-electron chi connectivity index (χ4n) is 2.84. The number of aryl methyl sites for hydroxylation is 1. The summed E-state index contributed by atoms with van der Waals surface area (Å²) in [7, 11) is 0. The van der Waals surface area contributed by atoms with E-state index in [4.69, 9.17) is 0 Å². The minimum atomic E-state index is -1.10. The van der Waals surface area contributed by atoms with Crippen molar-refractivity contribution in [2.45, 2.75) is 38.6 Å². The van der Waals surface area contributed by atoms with Crippen LogP contribution in [0.2, 0.25) is 0 Å². The van der Waals surface area contributed by atoms with Crippen LogP contribution >= 0.6 is 15.9 Å². The van der Waals surface area contributed by atoms with Gasteiger partial charge in [-0.2, -0.15) is 5.10 Å². The number of aromatic nitrogens is 2. The number of carboxylic acids is 1. The van der Waals surface area contributed by atoms with Gasteiger partial charge in [-0.05, 0) is 73.3 Å². The highest BCUT2D eigenvalue weighted by atomic mass is 79.9. The van der Waals surface area contributed by atoms with E-state index in [1.165, 1.54) is 0 Å². The molecule has 2 aromatic rings. The Hall–Kier alpha value is -2.15. The molecule has 1 aliphatic rings. The van der Waals surface area contributed by atoms with E-state index in [0.717, 1.165) is 28.0 Å². The maximum Gasteiger partial charge on any atom is 0.329 e. The molecule has 2 N–H and O–H groups in total. The summed E-state index contributed by atoms with van der Waals surface area (Å²) >= 11 is 3.49. The third-order valence-corrected chi connectivity index (χ3v) is 5.69. The highest BCUT2D eigenvalue weighted by Crippen LogP contribution is 2.32. The van der Waals surface area contributed by atoms with Crippen molar-refractivity contribution in [3.8, 4) is 5.69 Å². The molecule has 1 saturated carbocycles. The fraction of sp³-hybridized carbons (Fsp3) is 0.353. The molecule has 0 aliphatic heterocycles. The van der Waals surface area contributed by atoms with Crippen molar-refractivity contribution in [1.29, 1.82) is 0 Å². The zero-order valence-electron chi connectivity index (χ0n) is 13.5. The highest BCUT2D eigenvalue weighted by Gasteiger charge is 2.45. The van der Waals surface area contributed by atoms with Gasteiger partial charge in [-0.25, -0.2) is 9.48 Å². The Labute approximate surface area is 148 Å². The lowest BCUT2D eigenvalue weighted by molar-refractivity contribution is -0.148. The SMILES string of the molecule is Cc1nn(-c2ccc(C(=O)NC3(C(=O)O)CCC3)cc2)c(C)c1Br. The number of nitrogens with zero attached hydrogens (tertiary/aromatic N) is 2. The molecule has 1 amide bonds. The number of carboxylic acid groups (broad SMARTS) is 1. The molecule has 7 heteroatoms. The predicted molar refractivity (Wildman–Crippen MR) is 92.4 cm³/mol. The molecule has 1 aliphatic carbocycles. The molecular formula is C17H18BrN3O3. The van der Waals surface area contributed by atoms with Crippen LogP contribution in [-0.2, 0) is 4.79 Å². The Morgan fingerprint density at radius 3 is 2.29 bits per heavy atom. The number of hydrogen-bond acceptors (Lipinski definition) is 3. The van der Waals surface area contributed by atoms with Crippen LogP contribution in [0, 0.1) is 13.8 Å². The van der Waals surface area contributed by atoms with Gasteiger partial charge in [-0.3, -0.25) is 4.79 Å². The van der Waals surface area contributed by atoms with Crippen LogP contribution < -0.4 is 5.32 Å². The fourth-order valence-corrected chi connectivity index (χ4v) is 3.09. The average Bonchev–Trinajstić information content (AvgIpc) is 2.78. The summed E-state index contributed by atoms with van der Waals surface area (Å²) in [4.78, 5) is 23.7. The second kappa shape index (κ2) is 6.05. The van der Waals surface area contributed by atoms with Gasteiger partial charge in [0.1, 0.15) is 5.54 Å². The first-order valence-electron chi connectivity index (χ1n) is 7.72. The van der Waals surface area contributed by atoms with Gasteiger partial charge < -0.3 is 10.4 Å². The van der Waals surface area contributed by atoms with E-state index in [0.29, 0.717) is 18.4 Å². The van der Waals surface area contributed by atoms with Crippen molar-refractivity contribution >= 4 is 27.8 Å². The van der Waals surface area contributed by atoms with Crippen molar-refractivity contribution in [2.75, 3.05) is 0 Å². The summed E-state index contributed by atoms with van der Waals surface area (Å²) in [5.41, 5.74) is 2.05. The zero-order chi connectivity index (χ0) is 17.5. The van der Waals surface area contributed by atoms with Crippen molar-refractivity contribution < 1.29 is 14.7 Å². The van der Waals surface area contributed by atoms with Gasteiger partial charge in [0.15, 0.2) is 0 Å². The normalized spacial score (nSPS) is 15.6. The number of amides is 1. The molecule has 6 nitrogen and oxygen atoms in total. The van der Waals surface area contributed by atoms with Crippen LogP contribution in [0.3, 0.4) is 0 Å². The number of carbonyl (C=O) groups excluding carboxylic acids is 1. The second-order valence-corrected chi connectivity index (χ2v) is 6.93. The van der Waals surface area contributed by atoms with E-state index in [9.17, 15) is 14.7 Å². The summed E-state index contributed by atoms with van der Waals surface area (Å²) in [5, 5.41) is 16.4. The molecule has 1 aromatic heterocycles. The topological polar surface area (TPSA) is 84.2 Å². The standard InChI is InChI=1S/C17H18BrN3O3/c1-10-14(18)11(2)21(20-10)13-6-4-12(5-7-13)15(22)19-17(16(23)24)8-3-9-17/h4-7H,3,8-9H2,1-2H3,(H,19,22)(H,23,24). The molecule has 0 radical (unpaired) electrons. The van der Waals surface area contributed by atoms with Crippen LogP contribution in [0.5, 0.6) is 0 Å². The minimum Gasteiger partial charge on any atom is -0.480 e. The Kier molecular flexibility index (Phi) is 4.21. The Bertz CT molecular complexity index is 807. The number of rotatable bonds is 4. The maximum atomic E-state index is 12.3. The van der Waals surface area contributed by atoms with Crippen LogP contribution in [-0.4, -0.2) is 32.3 Å². The molecule has 0 unspecified atom stereocenters. The lowest BCUT2D eigenvalue weighted by atomic mass is 9.76. The number of aliphatic carboxylic acids is 1. The molecule has 3 rings (SSSR count). The van der Waals surface area contributed by atoms with Crippen LogP contribution in [0.4, 0.5) is 0 Å². The number of benzene rings is 1. The smallest absolute Gasteiger partial charge is 0.329 e. The van der Waals surface area contributed by atoms with E-state index < -0.39 is 11.5 Å². The first kappa shape index (κ1) is 16.7. The van der Waals surface area contributed by atoms with Gasteiger partial charge in [0.05, 0.1) is 21.5 Å². The summed E-state index contributed by atoms with van der Waals surface area (Å²) < 4.78 is 2.75. The minimum absolute atomic E-state index is 0.363. The maximum absolute atomic E-state index is 12.3. The zero-order valence-corrected chi connectivity index (χ0v) is 15.1. The molecule has 0 bridgehead atoms. The highest BCUT2D eigenvalue weighted by molar-refractivity contribution is 9.10. The van der Waals surface area contributed by atoms with Gasteiger partial charge in [0, 0.05) is 5.56 Å². The lowest BCUT2D eigenvalue weighted by Gasteiger charge is -2.38. The molecule has 0 atom stereocenters. The van der Waals surface area contributed by atoms with Crippen molar-refractivity contribution in [3.63, 3.8) is 0 Å². The number of nitrogens with one attached hydrogen (secondary N) is 1. The number of halogens is 1. The van der Waals surface area contributed by atoms with Gasteiger partial charge in [0.2, 0.25) is 0 Å². The third-order valence-electron chi connectivity index (χ3n) is 4.55. The Morgan fingerprint density at radius 2 is 1.88 bits per heavy atom. The van der Waals surface area contributed by atoms with E-state index in [-0.39, 0.29) is 5.91 Å². The summed E-state index contributed by atoms with van der Waals surface area (Å²) in [6.07, 6.45) is 1.77. The predicted octanol–water partition coefficient (Wildman–Crippen LogP) is 2.99. The number of hydrogen-bond donors (Lipinski definition) is 2. The monoisotopic (exact) mass is 391 g/mol. The Morgan fingerprint density at radius 1 is 1.25 bits per heavy atom. The van der Waals surface area contributed by atoms with Gasteiger partial charge in [-0.15, -0.1) is 0 Å². The summed E-state index contributed by atoms with van der Waals surface area (Å²) in [5.74, 6) is -1.33. The largest absolute Gasteiger partial charge is 0.480 e. The van der Waals surface area contributed by atoms with E-state index >= 15 is 0 Å². The van der Waals surface area contributed by atoms with Crippen molar-refractivity contribution in [3.05, 3.63) is 45.7 Å². The third kappa shape index (κ3) is 2.73. The molecule has 1 heterocycles. The summed E-state index contributed by atoms with van der Waals surface area (Å²) in [6, 6.07) is 6.97. The molecule has 0 spiro atoms. The molecule has 24 heavy (non-hydrogen) atoms. The van der Waals surface area contributed by atoms with Gasteiger partial charge in [0.25, 0.3) is 5.91 Å². The lowest BCUT2D eigenvalue weighted by Crippen LogP contribution is -2.59. The second-order valence-electron chi connectivity index (χ2n) is 6.14. The Balaban J connectivity index is 1.80. The number of carbonyl (C=O) groups is 2. The van der Waals surface area contributed by atoms with Gasteiger partial charge >= 0.3 is 5.97 Å². The van der Waals surface area contributed by atoms with Crippen LogP contribution in [0.15, 0.2) is 28.7 Å². The first-order chi connectivity index (χ1) is 11.3. The molecule has 1 aromatic carbocycles. The van der Waals surface area contributed by atoms with E-state index in [2.05, 4.69) is 26.3 Å². The van der Waals surface area contributed by atoms with E-state index in [1.54, 1.807) is 28.9 Å². The summed E-state index contributed by atoms with van der Waals surface area (Å²) in [6.45, 7) is 3.87. The van der Waals surface area contributed by atoms with E-state index in [1.807, 2.05) is 13.8 Å². The van der Waals surface area contributed by atoms with Crippen molar-refractivity contribution in [1.82, 2.24) is 15.1 Å². The van der Waals surface area contributed by atoms with Gasteiger partial charge in [-0.1, -0.05) is 0 Å². The first-order valence-corrected chi connectivity index (χ1v) is 8.51. The quantitative estimate of drug-likeness (QED) is 0.838. The average molecular weight is 392 g/mol. The van der Waals surface area contributed by atoms with Crippen LogP contribution in [0.1, 0.15) is 41.0 Å². The van der Waals surface area contributed by atoms with Crippen molar-refractivity contribution in [2.24, 2.45) is 0 Å². The molecule has 0 saturated heterocycles. The molecular weight excluding hydrogens is 374 g/mol. The molecule has 126 valence electrons. The van der Waals surface area contributed by atoms with Crippen LogP contribution in [0.25, 0.3) is 5.69 Å².